The van der Waals surface area contributed by atoms with Crippen molar-refractivity contribution in [1.82, 2.24) is 9.97 Å². The first-order valence-electron chi connectivity index (χ1n) is 2.13. The van der Waals surface area contributed by atoms with E-state index in [9.17, 15) is 0 Å². The van der Waals surface area contributed by atoms with Gasteiger partial charge in [-0.1, -0.05) is 0 Å². The minimum absolute atomic E-state index is 0.0118. The molecule has 0 spiro atoms. The van der Waals surface area contributed by atoms with E-state index in [-0.39, 0.29) is 6.61 Å². The molecule has 4 heteroatoms. The second-order valence-electron chi connectivity index (χ2n) is 1.34. The average molecular weight is 177 g/mol. The first-order valence-corrected chi connectivity index (χ1v) is 2.93. The number of halogens is 1. The number of hydrogen-bond donors (Lipinski definition) is 2. The zero-order valence-electron chi connectivity index (χ0n) is 4.06. The molecule has 44 valence electrons. The summed E-state index contributed by atoms with van der Waals surface area (Å²) < 4.78 is 0.654. The summed E-state index contributed by atoms with van der Waals surface area (Å²) in [7, 11) is 0. The van der Waals surface area contributed by atoms with Gasteiger partial charge in [0.25, 0.3) is 0 Å². The Morgan fingerprint density at radius 1 is 1.88 bits per heavy atom. The molecule has 0 aliphatic heterocycles. The molecule has 0 amide bonds. The van der Waals surface area contributed by atoms with Crippen molar-refractivity contribution in [3.8, 4) is 0 Å². The zero-order chi connectivity index (χ0) is 5.98. The van der Waals surface area contributed by atoms with Crippen molar-refractivity contribution in [2.75, 3.05) is 0 Å². The largest absolute Gasteiger partial charge is 0.390 e. The Morgan fingerprint density at radius 3 is 2.88 bits per heavy atom. The number of hydrogen-bond acceptors (Lipinski definition) is 2. The monoisotopic (exact) mass is 176 g/mol. The van der Waals surface area contributed by atoms with Gasteiger partial charge in [0.15, 0.2) is 4.73 Å². The third-order valence-corrected chi connectivity index (χ3v) is 1.17. The summed E-state index contributed by atoms with van der Waals surface area (Å²) in [6.07, 6.45) is 1.64. The van der Waals surface area contributed by atoms with Crippen LogP contribution < -0.4 is 0 Å². The fourth-order valence-electron chi connectivity index (χ4n) is 0.414. The molecule has 0 fully saturated rings. The minimum Gasteiger partial charge on any atom is -0.390 e. The predicted octanol–water partition coefficient (Wildman–Crippen LogP) is 0.665. The molecule has 2 N–H and O–H groups in total. The van der Waals surface area contributed by atoms with E-state index in [1.807, 2.05) is 0 Å². The van der Waals surface area contributed by atoms with E-state index in [2.05, 4.69) is 25.9 Å². The van der Waals surface area contributed by atoms with Crippen molar-refractivity contribution in [2.45, 2.75) is 6.61 Å². The molecule has 0 saturated heterocycles. The van der Waals surface area contributed by atoms with E-state index in [0.717, 1.165) is 0 Å². The zero-order valence-corrected chi connectivity index (χ0v) is 5.64. The lowest BCUT2D eigenvalue weighted by Gasteiger charge is -1.78. The van der Waals surface area contributed by atoms with Crippen LogP contribution >= 0.6 is 15.9 Å². The van der Waals surface area contributed by atoms with Gasteiger partial charge < -0.3 is 10.1 Å². The Bertz CT molecular complexity index is 174. The average Bonchev–Trinajstić information content (AvgIpc) is 2.14. The molecule has 0 bridgehead atoms. The summed E-state index contributed by atoms with van der Waals surface area (Å²) in [6.45, 7) is -0.0118. The number of rotatable bonds is 1. The van der Waals surface area contributed by atoms with E-state index in [0.29, 0.717) is 10.4 Å². The number of aromatic nitrogens is 2. The Kier molecular flexibility index (Phi) is 1.65. The highest BCUT2D eigenvalue weighted by atomic mass is 79.9. The first-order chi connectivity index (χ1) is 3.83. The van der Waals surface area contributed by atoms with E-state index >= 15 is 0 Å². The van der Waals surface area contributed by atoms with Crippen molar-refractivity contribution in [1.29, 1.82) is 0 Å². The van der Waals surface area contributed by atoms with Gasteiger partial charge in [0.05, 0.1) is 12.3 Å². The molecule has 0 unspecified atom stereocenters. The molecule has 0 aliphatic rings. The van der Waals surface area contributed by atoms with E-state index < -0.39 is 0 Å². The van der Waals surface area contributed by atoms with Crippen LogP contribution in [0.3, 0.4) is 0 Å². The molecule has 0 atom stereocenters. The summed E-state index contributed by atoms with van der Waals surface area (Å²) in [4.78, 5) is 6.61. The van der Waals surface area contributed by atoms with E-state index in [1.165, 1.54) is 0 Å². The molecular weight excluding hydrogens is 172 g/mol. The smallest absolute Gasteiger partial charge is 0.174 e. The summed E-state index contributed by atoms with van der Waals surface area (Å²) in [6, 6.07) is 0. The highest BCUT2D eigenvalue weighted by Gasteiger charge is 1.92. The quantitative estimate of drug-likeness (QED) is 0.661. The molecule has 3 nitrogen and oxygen atoms in total. The fourth-order valence-corrected chi connectivity index (χ4v) is 0.757. The van der Waals surface area contributed by atoms with Crippen molar-refractivity contribution in [2.24, 2.45) is 0 Å². The molecule has 1 rings (SSSR count). The van der Waals surface area contributed by atoms with Crippen LogP contribution in [0.15, 0.2) is 10.9 Å². The molecule has 1 aromatic rings. The fraction of sp³-hybridized carbons (Fsp3) is 0.250. The molecule has 0 aromatic carbocycles. The van der Waals surface area contributed by atoms with Crippen LogP contribution in [-0.2, 0) is 6.61 Å². The Hall–Kier alpha value is -0.350. The molecule has 8 heavy (non-hydrogen) atoms. The number of aromatic amines is 1. The number of nitrogens with zero attached hydrogens (tertiary/aromatic N) is 1. The van der Waals surface area contributed by atoms with Crippen LogP contribution in [0.4, 0.5) is 0 Å². The third kappa shape index (κ3) is 1.08. The van der Waals surface area contributed by atoms with Crippen molar-refractivity contribution in [3.63, 3.8) is 0 Å². The third-order valence-electron chi connectivity index (χ3n) is 0.762. The molecule has 1 heterocycles. The lowest BCUT2D eigenvalue weighted by molar-refractivity contribution is 0.277. The Morgan fingerprint density at radius 2 is 2.62 bits per heavy atom. The molecule has 0 radical (unpaired) electrons. The maximum Gasteiger partial charge on any atom is 0.174 e. The number of aliphatic hydroxyl groups excluding tert-OH is 1. The summed E-state index contributed by atoms with van der Waals surface area (Å²) >= 11 is 3.10. The second kappa shape index (κ2) is 2.28. The van der Waals surface area contributed by atoms with E-state index in [1.54, 1.807) is 6.20 Å². The Labute approximate surface area is 54.9 Å². The molecule has 1 aromatic heterocycles. The lowest BCUT2D eigenvalue weighted by Crippen LogP contribution is -1.78. The van der Waals surface area contributed by atoms with Crippen LogP contribution in [-0.4, -0.2) is 15.1 Å². The summed E-state index contributed by atoms with van der Waals surface area (Å²) in [5, 5.41) is 8.45. The standard InChI is InChI=1S/C4H5BrN2O/c5-4-6-1-3(2-8)7-4/h1,8H,2H2,(H,6,7). The molecular formula is C4H5BrN2O. The van der Waals surface area contributed by atoms with Gasteiger partial charge >= 0.3 is 0 Å². The van der Waals surface area contributed by atoms with Crippen LogP contribution in [0.2, 0.25) is 0 Å². The van der Waals surface area contributed by atoms with Crippen molar-refractivity contribution in [3.05, 3.63) is 16.6 Å². The Balaban J connectivity index is 2.84. The van der Waals surface area contributed by atoms with Gasteiger partial charge in [0.2, 0.25) is 0 Å². The van der Waals surface area contributed by atoms with Gasteiger partial charge in [-0.3, -0.25) is 0 Å². The lowest BCUT2D eigenvalue weighted by atomic mass is 10.5. The van der Waals surface area contributed by atoms with Gasteiger partial charge in [0.1, 0.15) is 0 Å². The highest BCUT2D eigenvalue weighted by molar-refractivity contribution is 9.10. The second-order valence-corrected chi connectivity index (χ2v) is 2.09. The van der Waals surface area contributed by atoms with Gasteiger partial charge in [0, 0.05) is 6.20 Å². The van der Waals surface area contributed by atoms with Crippen LogP contribution in [0.5, 0.6) is 0 Å². The van der Waals surface area contributed by atoms with Crippen LogP contribution in [0, 0.1) is 0 Å². The summed E-state index contributed by atoms with van der Waals surface area (Å²) in [5.41, 5.74) is 0.650. The maximum absolute atomic E-state index is 8.45. The SMILES string of the molecule is OCc1c[nH]c(Br)n1. The first kappa shape index (κ1) is 5.78. The maximum atomic E-state index is 8.45. The number of aliphatic hydroxyl groups is 1. The number of H-pyrrole nitrogens is 1. The molecule has 0 saturated carbocycles. The predicted molar refractivity (Wildman–Crippen MR) is 32.2 cm³/mol. The van der Waals surface area contributed by atoms with E-state index in [4.69, 9.17) is 5.11 Å². The number of nitrogens with one attached hydrogen (secondary N) is 1. The van der Waals surface area contributed by atoms with Crippen molar-refractivity contribution < 1.29 is 5.11 Å². The van der Waals surface area contributed by atoms with Gasteiger partial charge in [-0.15, -0.1) is 0 Å². The van der Waals surface area contributed by atoms with Gasteiger partial charge in [-0.05, 0) is 15.9 Å². The van der Waals surface area contributed by atoms with Crippen LogP contribution in [0.25, 0.3) is 0 Å². The topological polar surface area (TPSA) is 48.9 Å². The highest BCUT2D eigenvalue weighted by Crippen LogP contribution is 2.02. The van der Waals surface area contributed by atoms with Gasteiger partial charge in [-0.2, -0.15) is 0 Å². The number of imidazole rings is 1. The van der Waals surface area contributed by atoms with Crippen molar-refractivity contribution >= 4 is 15.9 Å². The summed E-state index contributed by atoms with van der Waals surface area (Å²) in [5.74, 6) is 0. The normalized spacial score (nSPS) is 9.75. The van der Waals surface area contributed by atoms with Gasteiger partial charge in [-0.25, -0.2) is 4.98 Å². The van der Waals surface area contributed by atoms with Crippen LogP contribution in [0.1, 0.15) is 5.69 Å². The minimum atomic E-state index is -0.0118. The molecule has 0 aliphatic carbocycles.